The van der Waals surface area contributed by atoms with Gasteiger partial charge in [-0.3, -0.25) is 9.59 Å². The number of benzene rings is 2. The Hall–Kier alpha value is -3.19. The maximum Gasteiger partial charge on any atom is 0.253 e. The van der Waals surface area contributed by atoms with Gasteiger partial charge in [0.1, 0.15) is 0 Å². The Kier molecular flexibility index (Phi) is 12.4. The van der Waals surface area contributed by atoms with Gasteiger partial charge in [-0.05, 0) is 113 Å². The van der Waals surface area contributed by atoms with E-state index >= 15 is 0 Å². The quantitative estimate of drug-likeness (QED) is 0.167. The van der Waals surface area contributed by atoms with E-state index < -0.39 is 0 Å². The fraction of sp³-hybridized carbons (Fsp3) is 0.595. The molecule has 0 unspecified atom stereocenters. The predicted molar refractivity (Wildman–Crippen MR) is 183 cm³/mol. The van der Waals surface area contributed by atoms with Crippen LogP contribution in [-0.4, -0.2) is 64.3 Å². The normalized spacial score (nSPS) is 14.2. The lowest BCUT2D eigenvalue weighted by Crippen LogP contribution is -2.34. The second-order valence-electron chi connectivity index (χ2n) is 13.8. The number of rotatable bonds is 16. The molecule has 0 spiro atoms. The molecular formula is C37H55N5O2. The molecule has 4 rings (SSSR count). The van der Waals surface area contributed by atoms with Gasteiger partial charge in [0, 0.05) is 43.0 Å². The molecule has 1 amide bonds. The molecule has 3 aromatic rings. The average molecular weight is 602 g/mol. The number of hydrogen-bond acceptors (Lipinski definition) is 5. The van der Waals surface area contributed by atoms with Crippen LogP contribution in [0, 0.1) is 17.8 Å². The molecule has 0 aliphatic heterocycles. The van der Waals surface area contributed by atoms with Crippen LogP contribution in [-0.2, 0) is 6.54 Å². The summed E-state index contributed by atoms with van der Waals surface area (Å²) in [6, 6.07) is 13.5. The molecule has 7 heteroatoms. The van der Waals surface area contributed by atoms with Crippen LogP contribution in [0.4, 0.5) is 11.6 Å². The van der Waals surface area contributed by atoms with E-state index in [0.29, 0.717) is 17.4 Å². The first-order chi connectivity index (χ1) is 21.1. The van der Waals surface area contributed by atoms with Crippen molar-refractivity contribution in [3.63, 3.8) is 0 Å². The van der Waals surface area contributed by atoms with Crippen LogP contribution in [0.1, 0.15) is 107 Å². The number of amides is 1. The second kappa shape index (κ2) is 16.2. The van der Waals surface area contributed by atoms with Gasteiger partial charge in [-0.15, -0.1) is 0 Å². The molecule has 1 aliphatic carbocycles. The number of imidazole rings is 1. The highest BCUT2D eigenvalue weighted by molar-refractivity contribution is 5.98. The van der Waals surface area contributed by atoms with E-state index in [4.69, 9.17) is 4.98 Å². The van der Waals surface area contributed by atoms with Crippen molar-refractivity contribution in [2.24, 2.45) is 17.8 Å². The molecule has 1 heterocycles. The zero-order valence-electron chi connectivity index (χ0n) is 28.1. The standard InChI is InChI=1S/C37H55N5O2/c1-27(2)19-23-41(24-20-28(3)4)36(44)32-15-18-34-35(25-32)42(22-10-21-40(6)26-30-11-8-7-9-12-30)37(39-34)38-33-16-13-31(14-17-33)29(5)43/h13-18,25,27-28,30H,7-12,19-24,26H2,1-6H3,(H,38,39). The Bertz CT molecular complexity index is 1340. The van der Waals surface area contributed by atoms with Gasteiger partial charge in [0.2, 0.25) is 5.95 Å². The van der Waals surface area contributed by atoms with Gasteiger partial charge in [-0.1, -0.05) is 47.0 Å². The molecule has 1 saturated carbocycles. The van der Waals surface area contributed by atoms with Crippen LogP contribution >= 0.6 is 0 Å². The summed E-state index contributed by atoms with van der Waals surface area (Å²) in [5.41, 5.74) is 4.13. The van der Waals surface area contributed by atoms with Crippen LogP contribution in [0.2, 0.25) is 0 Å². The molecule has 1 fully saturated rings. The number of fused-ring (bicyclic) bond motifs is 1. The van der Waals surface area contributed by atoms with E-state index in [1.54, 1.807) is 6.92 Å². The largest absolute Gasteiger partial charge is 0.339 e. The zero-order chi connectivity index (χ0) is 31.6. The van der Waals surface area contributed by atoms with Crippen LogP contribution < -0.4 is 5.32 Å². The number of anilines is 2. The lowest BCUT2D eigenvalue weighted by molar-refractivity contribution is 0.0740. The Labute approximate surface area is 265 Å². The van der Waals surface area contributed by atoms with Gasteiger partial charge in [-0.25, -0.2) is 4.98 Å². The number of aromatic nitrogens is 2. The third-order valence-electron chi connectivity index (χ3n) is 9.00. The fourth-order valence-electron chi connectivity index (χ4n) is 6.22. The summed E-state index contributed by atoms with van der Waals surface area (Å²) in [6.07, 6.45) is 9.82. The van der Waals surface area contributed by atoms with Crippen molar-refractivity contribution in [2.45, 2.75) is 92.5 Å². The Morgan fingerprint density at radius 2 is 1.55 bits per heavy atom. The molecule has 0 atom stereocenters. The number of nitrogens with zero attached hydrogens (tertiary/aromatic N) is 4. The summed E-state index contributed by atoms with van der Waals surface area (Å²) in [4.78, 5) is 35.1. The highest BCUT2D eigenvalue weighted by atomic mass is 16.2. The van der Waals surface area contributed by atoms with Gasteiger partial charge in [0.25, 0.3) is 5.91 Å². The van der Waals surface area contributed by atoms with E-state index in [9.17, 15) is 9.59 Å². The first-order valence-corrected chi connectivity index (χ1v) is 17.0. The first-order valence-electron chi connectivity index (χ1n) is 17.0. The Balaban J connectivity index is 1.58. The maximum atomic E-state index is 13.8. The van der Waals surface area contributed by atoms with Crippen molar-refractivity contribution in [3.8, 4) is 0 Å². The zero-order valence-corrected chi connectivity index (χ0v) is 28.1. The van der Waals surface area contributed by atoms with Gasteiger partial charge in [0.15, 0.2) is 5.78 Å². The predicted octanol–water partition coefficient (Wildman–Crippen LogP) is 8.42. The third kappa shape index (κ3) is 9.65. The van der Waals surface area contributed by atoms with Crippen molar-refractivity contribution in [1.29, 1.82) is 0 Å². The number of hydrogen-bond donors (Lipinski definition) is 1. The summed E-state index contributed by atoms with van der Waals surface area (Å²) in [6.45, 7) is 15.0. The maximum absolute atomic E-state index is 13.8. The Morgan fingerprint density at radius 3 is 2.16 bits per heavy atom. The minimum atomic E-state index is 0.0502. The lowest BCUT2D eigenvalue weighted by atomic mass is 9.89. The molecule has 1 aromatic heterocycles. The summed E-state index contributed by atoms with van der Waals surface area (Å²) >= 11 is 0. The molecule has 2 aromatic carbocycles. The SMILES string of the molecule is CC(=O)c1ccc(Nc2nc3ccc(C(=O)N(CCC(C)C)CCC(C)C)cc3n2CCCN(C)CC2CCCCC2)cc1. The number of aryl methyl sites for hydroxylation is 1. The van der Waals surface area contributed by atoms with Crippen LogP contribution in [0.25, 0.3) is 11.0 Å². The van der Waals surface area contributed by atoms with Crippen molar-refractivity contribution in [3.05, 3.63) is 53.6 Å². The lowest BCUT2D eigenvalue weighted by Gasteiger charge is -2.27. The smallest absolute Gasteiger partial charge is 0.253 e. The molecule has 240 valence electrons. The molecule has 7 nitrogen and oxygen atoms in total. The molecule has 1 aliphatic rings. The van der Waals surface area contributed by atoms with Crippen molar-refractivity contribution < 1.29 is 9.59 Å². The summed E-state index contributed by atoms with van der Waals surface area (Å²) in [5.74, 6) is 2.81. The number of carbonyl (C=O) groups excluding carboxylic acids is 2. The minimum absolute atomic E-state index is 0.0502. The van der Waals surface area contributed by atoms with Gasteiger partial charge in [0.05, 0.1) is 11.0 Å². The van der Waals surface area contributed by atoms with Gasteiger partial charge >= 0.3 is 0 Å². The molecule has 1 N–H and O–H groups in total. The summed E-state index contributed by atoms with van der Waals surface area (Å²) in [5, 5.41) is 3.50. The third-order valence-corrected chi connectivity index (χ3v) is 9.00. The number of Topliss-reactive ketones (excluding diaryl/α,β-unsaturated/α-hetero) is 1. The van der Waals surface area contributed by atoms with E-state index in [1.807, 2.05) is 47.4 Å². The monoisotopic (exact) mass is 601 g/mol. The highest BCUT2D eigenvalue weighted by Gasteiger charge is 2.20. The van der Waals surface area contributed by atoms with Crippen LogP contribution in [0.3, 0.4) is 0 Å². The van der Waals surface area contributed by atoms with Crippen LogP contribution in [0.15, 0.2) is 42.5 Å². The van der Waals surface area contributed by atoms with E-state index in [0.717, 1.165) is 79.6 Å². The highest BCUT2D eigenvalue weighted by Crippen LogP contribution is 2.27. The van der Waals surface area contributed by atoms with Crippen molar-refractivity contribution >= 4 is 34.4 Å². The van der Waals surface area contributed by atoms with Crippen molar-refractivity contribution in [2.75, 3.05) is 38.5 Å². The van der Waals surface area contributed by atoms with E-state index in [2.05, 4.69) is 49.5 Å². The topological polar surface area (TPSA) is 70.5 Å². The van der Waals surface area contributed by atoms with Crippen molar-refractivity contribution in [1.82, 2.24) is 19.4 Å². The van der Waals surface area contributed by atoms with Gasteiger partial charge in [-0.2, -0.15) is 0 Å². The van der Waals surface area contributed by atoms with Crippen LogP contribution in [0.5, 0.6) is 0 Å². The molecule has 44 heavy (non-hydrogen) atoms. The number of nitrogens with one attached hydrogen (secondary N) is 1. The number of carbonyl (C=O) groups is 2. The Morgan fingerprint density at radius 1 is 0.909 bits per heavy atom. The summed E-state index contributed by atoms with van der Waals surface area (Å²) in [7, 11) is 2.25. The van der Waals surface area contributed by atoms with Gasteiger partial charge < -0.3 is 19.7 Å². The first kappa shape index (κ1) is 33.7. The average Bonchev–Trinajstić information content (AvgIpc) is 3.33. The minimum Gasteiger partial charge on any atom is -0.339 e. The van der Waals surface area contributed by atoms with E-state index in [1.165, 1.54) is 38.6 Å². The molecular weight excluding hydrogens is 546 g/mol. The fourth-order valence-corrected chi connectivity index (χ4v) is 6.22. The molecule has 0 radical (unpaired) electrons. The number of ketones is 1. The van der Waals surface area contributed by atoms with E-state index in [-0.39, 0.29) is 11.7 Å². The molecule has 0 bridgehead atoms. The molecule has 0 saturated heterocycles. The summed E-state index contributed by atoms with van der Waals surface area (Å²) < 4.78 is 2.23. The second-order valence-corrected chi connectivity index (χ2v) is 13.8.